The van der Waals surface area contributed by atoms with Crippen molar-refractivity contribution in [3.63, 3.8) is 0 Å². The van der Waals surface area contributed by atoms with Crippen LogP contribution in [-0.2, 0) is 4.74 Å². The summed E-state index contributed by atoms with van der Waals surface area (Å²) in [6.45, 7) is 0.639. The highest BCUT2D eigenvalue weighted by Gasteiger charge is 1.61. The van der Waals surface area contributed by atoms with Crippen molar-refractivity contribution in [3.8, 4) is 0 Å². The molecule has 0 aliphatic heterocycles. The maximum absolute atomic E-state index is 4.58. The van der Waals surface area contributed by atoms with Crippen molar-refractivity contribution < 1.29 is 4.74 Å². The van der Waals surface area contributed by atoms with E-state index in [1.54, 1.807) is 7.11 Å². The fourth-order valence-electron chi connectivity index (χ4n) is 0.144. The van der Waals surface area contributed by atoms with Gasteiger partial charge >= 0.3 is 0 Å². The predicted octanol–water partition coefficient (Wildman–Crippen LogP) is -0.190. The van der Waals surface area contributed by atoms with Crippen LogP contribution < -0.4 is 5.32 Å². The molecule has 0 atom stereocenters. The average molecular weight is 75.1 g/mol. The van der Waals surface area contributed by atoms with Gasteiger partial charge in [-0.1, -0.05) is 0 Å². The lowest BCUT2D eigenvalue weighted by Crippen LogP contribution is -2.08. The maximum atomic E-state index is 4.58. The van der Waals surface area contributed by atoms with Gasteiger partial charge in [-0.25, -0.2) is 0 Å². The second kappa shape index (κ2) is 3.92. The zero-order chi connectivity index (χ0) is 4.12. The Balaban J connectivity index is 2.19. The molecule has 32 valence electrons. The van der Waals surface area contributed by atoms with Gasteiger partial charge in [0.25, 0.3) is 0 Å². The van der Waals surface area contributed by atoms with E-state index in [1.807, 2.05) is 7.05 Å². The monoisotopic (exact) mass is 75.1 g/mol. The largest absolute Gasteiger partial charge is 0.370 e. The summed E-state index contributed by atoms with van der Waals surface area (Å²) in [6.07, 6.45) is 0. The van der Waals surface area contributed by atoms with Crippen LogP contribution in [-0.4, -0.2) is 20.9 Å². The summed E-state index contributed by atoms with van der Waals surface area (Å²) in [5.41, 5.74) is 0. The Morgan fingerprint density at radius 2 is 2.40 bits per heavy atom. The summed E-state index contributed by atoms with van der Waals surface area (Å²) in [5.74, 6) is 0. The van der Waals surface area contributed by atoms with Crippen molar-refractivity contribution in [2.45, 2.75) is 0 Å². The first-order valence-electron chi connectivity index (χ1n) is 1.55. The molecule has 0 rings (SSSR count). The van der Waals surface area contributed by atoms with Crippen molar-refractivity contribution in [1.29, 1.82) is 0 Å². The number of nitrogens with one attached hydrogen (secondary N) is 1. The van der Waals surface area contributed by atoms with Gasteiger partial charge in [0.2, 0.25) is 0 Å². The molecule has 0 saturated carbocycles. The molecule has 2 nitrogen and oxygen atoms in total. The molecule has 0 aliphatic rings. The van der Waals surface area contributed by atoms with Crippen LogP contribution in [0.4, 0.5) is 0 Å². The normalized spacial score (nSPS) is 8.40. The maximum Gasteiger partial charge on any atom is 0.0958 e. The Morgan fingerprint density at radius 1 is 1.80 bits per heavy atom. The first-order valence-corrected chi connectivity index (χ1v) is 1.55. The minimum absolute atomic E-state index is 0.639. The molecule has 0 aliphatic carbocycles. The van der Waals surface area contributed by atoms with E-state index in [0.717, 1.165) is 0 Å². The van der Waals surface area contributed by atoms with Gasteiger partial charge in [-0.15, -0.1) is 0 Å². The van der Waals surface area contributed by atoms with E-state index in [2.05, 4.69) is 10.1 Å². The van der Waals surface area contributed by atoms with Crippen molar-refractivity contribution in [2.75, 3.05) is 20.9 Å². The van der Waals surface area contributed by atoms with Crippen LogP contribution in [0.15, 0.2) is 0 Å². The zero-order valence-electron chi connectivity index (χ0n) is 3.62. The summed E-state index contributed by atoms with van der Waals surface area (Å²) in [7, 11) is 3.49. The summed E-state index contributed by atoms with van der Waals surface area (Å²) in [6, 6.07) is 0. The lowest BCUT2D eigenvalue weighted by molar-refractivity contribution is 0.183. The molecular weight excluding hydrogens is 66.0 g/mol. The molecule has 0 radical (unpaired) electrons. The van der Waals surface area contributed by atoms with Gasteiger partial charge in [0.15, 0.2) is 0 Å². The molecule has 0 bridgehead atoms. The van der Waals surface area contributed by atoms with E-state index >= 15 is 0 Å². The Kier molecular flexibility index (Phi) is 3.86. The topological polar surface area (TPSA) is 21.3 Å². The van der Waals surface area contributed by atoms with Gasteiger partial charge in [0.1, 0.15) is 0 Å². The third kappa shape index (κ3) is 3.92. The lowest BCUT2D eigenvalue weighted by Gasteiger charge is -1.88. The summed E-state index contributed by atoms with van der Waals surface area (Å²) >= 11 is 0. The zero-order valence-corrected chi connectivity index (χ0v) is 3.62. The predicted molar refractivity (Wildman–Crippen MR) is 20.9 cm³/mol. The second-order valence-corrected chi connectivity index (χ2v) is 0.787. The molecule has 0 unspecified atom stereocenters. The van der Waals surface area contributed by atoms with Crippen molar-refractivity contribution in [1.82, 2.24) is 5.32 Å². The Hall–Kier alpha value is -0.0800. The van der Waals surface area contributed by atoms with E-state index in [-0.39, 0.29) is 0 Å². The molecular formula is C3H9NO. The molecule has 1 N–H and O–H groups in total. The van der Waals surface area contributed by atoms with Gasteiger partial charge < -0.3 is 4.74 Å². The van der Waals surface area contributed by atoms with Crippen LogP contribution >= 0.6 is 0 Å². The van der Waals surface area contributed by atoms with Crippen LogP contribution in [0.1, 0.15) is 0 Å². The van der Waals surface area contributed by atoms with Crippen LogP contribution in [0.2, 0.25) is 0 Å². The highest BCUT2D eigenvalue weighted by atomic mass is 16.5. The number of methoxy groups -OCH3 is 1. The molecule has 0 aromatic carbocycles. The number of ether oxygens (including phenoxy) is 1. The number of hydrogen-bond acceptors (Lipinski definition) is 2. The molecule has 0 saturated heterocycles. The van der Waals surface area contributed by atoms with E-state index in [4.69, 9.17) is 0 Å². The fraction of sp³-hybridized carbons (Fsp3) is 1.00. The molecule has 0 amide bonds. The van der Waals surface area contributed by atoms with Gasteiger partial charge in [-0.2, -0.15) is 0 Å². The van der Waals surface area contributed by atoms with Gasteiger partial charge in [0.05, 0.1) is 6.73 Å². The first-order chi connectivity index (χ1) is 2.41. The van der Waals surface area contributed by atoms with E-state index in [0.29, 0.717) is 6.73 Å². The van der Waals surface area contributed by atoms with Gasteiger partial charge in [-0.3, -0.25) is 5.32 Å². The molecule has 0 aromatic rings. The molecule has 2 heteroatoms. The summed E-state index contributed by atoms with van der Waals surface area (Å²) in [4.78, 5) is 0. The number of hydrogen-bond donors (Lipinski definition) is 1. The smallest absolute Gasteiger partial charge is 0.0958 e. The minimum atomic E-state index is 0.639. The van der Waals surface area contributed by atoms with Crippen LogP contribution in [0.5, 0.6) is 0 Å². The molecule has 0 aromatic heterocycles. The van der Waals surface area contributed by atoms with Gasteiger partial charge in [0, 0.05) is 7.11 Å². The molecule has 0 spiro atoms. The minimum Gasteiger partial charge on any atom is -0.370 e. The summed E-state index contributed by atoms with van der Waals surface area (Å²) in [5, 5.41) is 2.80. The van der Waals surface area contributed by atoms with Crippen molar-refractivity contribution in [2.24, 2.45) is 0 Å². The second-order valence-electron chi connectivity index (χ2n) is 0.787. The summed E-state index contributed by atoms with van der Waals surface area (Å²) < 4.78 is 4.58. The lowest BCUT2D eigenvalue weighted by atomic mass is 11.2. The standard InChI is InChI=1S/C3H9NO/c1-4-3-5-2/h4H,3H2,1-2H3. The molecule has 0 heterocycles. The Labute approximate surface area is 32.1 Å². The van der Waals surface area contributed by atoms with Crippen LogP contribution in [0.3, 0.4) is 0 Å². The quantitative estimate of drug-likeness (QED) is 0.459. The number of rotatable bonds is 2. The molecule has 5 heavy (non-hydrogen) atoms. The van der Waals surface area contributed by atoms with Crippen molar-refractivity contribution in [3.05, 3.63) is 0 Å². The highest BCUT2D eigenvalue weighted by molar-refractivity contribution is 4.08. The van der Waals surface area contributed by atoms with Crippen LogP contribution in [0.25, 0.3) is 0 Å². The third-order valence-corrected chi connectivity index (χ3v) is 0.289. The van der Waals surface area contributed by atoms with E-state index < -0.39 is 0 Å². The SMILES string of the molecule is CNCOC. The Bertz CT molecular complexity index is 14.4. The van der Waals surface area contributed by atoms with Crippen LogP contribution in [0, 0.1) is 0 Å². The Morgan fingerprint density at radius 3 is 2.40 bits per heavy atom. The van der Waals surface area contributed by atoms with E-state index in [9.17, 15) is 0 Å². The highest BCUT2D eigenvalue weighted by Crippen LogP contribution is 1.48. The van der Waals surface area contributed by atoms with E-state index in [1.165, 1.54) is 0 Å². The average Bonchev–Trinajstić information content (AvgIpc) is 1.41. The first kappa shape index (κ1) is 4.92. The van der Waals surface area contributed by atoms with Crippen molar-refractivity contribution >= 4 is 0 Å². The fourth-order valence-corrected chi connectivity index (χ4v) is 0.144. The third-order valence-electron chi connectivity index (χ3n) is 0.289. The molecule has 0 fully saturated rings. The van der Waals surface area contributed by atoms with Gasteiger partial charge in [-0.05, 0) is 7.05 Å².